The van der Waals surface area contributed by atoms with Crippen LogP contribution in [-0.4, -0.2) is 17.6 Å². The van der Waals surface area contributed by atoms with Crippen LogP contribution in [0.5, 0.6) is 5.75 Å². The van der Waals surface area contributed by atoms with Gasteiger partial charge in [-0.15, -0.1) is 0 Å². The fourth-order valence-electron chi connectivity index (χ4n) is 1.94. The molecule has 0 aromatic heterocycles. The molecule has 1 atom stereocenters. The molecule has 1 aromatic rings. The molecule has 2 rings (SSSR count). The number of carbonyl (C=O) groups is 1. The minimum absolute atomic E-state index is 0.143. The van der Waals surface area contributed by atoms with Crippen LogP contribution in [0.2, 0.25) is 0 Å². The molecule has 15 heavy (non-hydrogen) atoms. The normalized spacial score (nSPS) is 20.4. The highest BCUT2D eigenvalue weighted by molar-refractivity contribution is 5.93. The van der Waals surface area contributed by atoms with Crippen LogP contribution >= 0.6 is 0 Å². The number of rotatable bonds is 2. The Hall–Kier alpha value is -1.55. The molecule has 0 unspecified atom stereocenters. The minimum Gasteiger partial charge on any atom is -0.508 e. The lowest BCUT2D eigenvalue weighted by atomic mass is 10.0. The average molecular weight is 206 g/mol. The minimum atomic E-state index is -0.464. The average Bonchev–Trinajstić information content (AvgIpc) is 2.71. The van der Waals surface area contributed by atoms with Gasteiger partial charge in [0.2, 0.25) is 5.91 Å². The topological polar surface area (TPSA) is 75.4 Å². The molecule has 0 bridgehead atoms. The van der Waals surface area contributed by atoms with Crippen molar-refractivity contribution >= 4 is 5.91 Å². The molecule has 1 aromatic carbocycles. The molecule has 1 amide bonds. The number of phenols is 1. The molecule has 4 nitrogen and oxygen atoms in total. The van der Waals surface area contributed by atoms with Gasteiger partial charge in [-0.25, -0.2) is 0 Å². The van der Waals surface area contributed by atoms with Gasteiger partial charge in [0, 0.05) is 17.2 Å². The number of aromatic hydroxyl groups is 1. The molecule has 1 saturated heterocycles. The molecule has 1 aliphatic heterocycles. The van der Waals surface area contributed by atoms with Gasteiger partial charge in [0.1, 0.15) is 5.75 Å². The van der Waals surface area contributed by atoms with Gasteiger partial charge in [-0.05, 0) is 37.6 Å². The van der Waals surface area contributed by atoms with Crippen molar-refractivity contribution in [3.63, 3.8) is 0 Å². The first-order valence-electron chi connectivity index (χ1n) is 5.04. The van der Waals surface area contributed by atoms with Crippen molar-refractivity contribution in [3.8, 4) is 5.75 Å². The van der Waals surface area contributed by atoms with Crippen molar-refractivity contribution in [2.45, 2.75) is 18.9 Å². The molecular weight excluding hydrogens is 192 g/mol. The molecule has 80 valence electrons. The fourth-order valence-corrected chi connectivity index (χ4v) is 1.94. The third-order valence-corrected chi connectivity index (χ3v) is 2.75. The number of nitrogens with two attached hydrogens (primary N) is 1. The van der Waals surface area contributed by atoms with Crippen LogP contribution in [0.15, 0.2) is 18.2 Å². The maximum Gasteiger partial charge on any atom is 0.248 e. The largest absolute Gasteiger partial charge is 0.508 e. The van der Waals surface area contributed by atoms with Gasteiger partial charge in [-0.1, -0.05) is 0 Å². The molecule has 0 aliphatic carbocycles. The molecule has 1 heterocycles. The molecule has 0 saturated carbocycles. The second kappa shape index (κ2) is 3.90. The predicted octanol–water partition coefficient (Wildman–Crippen LogP) is 0.916. The Bertz CT molecular complexity index is 384. The number of primary amides is 1. The van der Waals surface area contributed by atoms with E-state index in [1.165, 1.54) is 12.1 Å². The summed E-state index contributed by atoms with van der Waals surface area (Å²) in [6.07, 6.45) is 2.07. The zero-order valence-electron chi connectivity index (χ0n) is 8.36. The van der Waals surface area contributed by atoms with E-state index in [4.69, 9.17) is 5.73 Å². The van der Waals surface area contributed by atoms with E-state index in [1.807, 2.05) is 0 Å². The van der Waals surface area contributed by atoms with Gasteiger partial charge in [-0.3, -0.25) is 4.79 Å². The third kappa shape index (κ3) is 1.94. The lowest BCUT2D eigenvalue weighted by Crippen LogP contribution is -2.15. The lowest BCUT2D eigenvalue weighted by Gasteiger charge is -2.13. The summed E-state index contributed by atoms with van der Waals surface area (Å²) in [7, 11) is 0. The molecule has 1 fully saturated rings. The first-order valence-corrected chi connectivity index (χ1v) is 5.04. The van der Waals surface area contributed by atoms with E-state index in [1.54, 1.807) is 6.07 Å². The highest BCUT2D eigenvalue weighted by Crippen LogP contribution is 2.30. The summed E-state index contributed by atoms with van der Waals surface area (Å²) in [5.41, 5.74) is 6.40. The molecule has 1 aliphatic rings. The summed E-state index contributed by atoms with van der Waals surface area (Å²) in [4.78, 5) is 11.0. The SMILES string of the molecule is NC(=O)c1ccc(O)c([C@H]2CCCN2)c1. The highest BCUT2D eigenvalue weighted by Gasteiger charge is 2.20. The van der Waals surface area contributed by atoms with Crippen molar-refractivity contribution in [1.29, 1.82) is 0 Å². The van der Waals surface area contributed by atoms with Gasteiger partial charge in [0.15, 0.2) is 0 Å². The lowest BCUT2D eigenvalue weighted by molar-refractivity contribution is 0.1000. The Morgan fingerprint density at radius 2 is 2.33 bits per heavy atom. The summed E-state index contributed by atoms with van der Waals surface area (Å²) in [6.45, 7) is 0.949. The second-order valence-electron chi connectivity index (χ2n) is 3.79. The van der Waals surface area contributed by atoms with Crippen LogP contribution in [0, 0.1) is 0 Å². The molecule has 4 N–H and O–H groups in total. The van der Waals surface area contributed by atoms with Crippen LogP contribution in [0.25, 0.3) is 0 Å². The van der Waals surface area contributed by atoms with Crippen molar-refractivity contribution < 1.29 is 9.90 Å². The summed E-state index contributed by atoms with van der Waals surface area (Å²) in [5, 5.41) is 13.0. The number of hydrogen-bond donors (Lipinski definition) is 3. The summed E-state index contributed by atoms with van der Waals surface area (Å²) >= 11 is 0. The molecular formula is C11H14N2O2. The smallest absolute Gasteiger partial charge is 0.248 e. The Balaban J connectivity index is 2.35. The van der Waals surface area contributed by atoms with Crippen LogP contribution in [0.4, 0.5) is 0 Å². The number of carbonyl (C=O) groups excluding carboxylic acids is 1. The molecule has 0 spiro atoms. The Labute approximate surface area is 88.1 Å². The van der Waals surface area contributed by atoms with Crippen LogP contribution < -0.4 is 11.1 Å². The number of phenolic OH excluding ortho intramolecular Hbond substituents is 1. The zero-order valence-corrected chi connectivity index (χ0v) is 8.36. The maximum absolute atomic E-state index is 11.0. The Morgan fingerprint density at radius 1 is 1.53 bits per heavy atom. The van der Waals surface area contributed by atoms with E-state index in [-0.39, 0.29) is 11.8 Å². The fraction of sp³-hybridized carbons (Fsp3) is 0.364. The number of nitrogens with one attached hydrogen (secondary N) is 1. The number of benzene rings is 1. The van der Waals surface area contributed by atoms with Gasteiger partial charge in [0.25, 0.3) is 0 Å². The van der Waals surface area contributed by atoms with Gasteiger partial charge >= 0.3 is 0 Å². The van der Waals surface area contributed by atoms with E-state index in [9.17, 15) is 9.90 Å². The van der Waals surface area contributed by atoms with Crippen LogP contribution in [0.1, 0.15) is 34.8 Å². The number of hydrogen-bond acceptors (Lipinski definition) is 3. The van der Waals surface area contributed by atoms with Crippen molar-refractivity contribution in [2.24, 2.45) is 5.73 Å². The van der Waals surface area contributed by atoms with Crippen LogP contribution in [-0.2, 0) is 0 Å². The van der Waals surface area contributed by atoms with Crippen molar-refractivity contribution in [3.05, 3.63) is 29.3 Å². The summed E-state index contributed by atoms with van der Waals surface area (Å²) in [5.74, 6) is -0.242. The standard InChI is InChI=1S/C11H14N2O2/c12-11(15)7-3-4-10(14)8(6-7)9-2-1-5-13-9/h3-4,6,9,13-14H,1-2,5H2,(H2,12,15)/t9-/m1/s1. The monoisotopic (exact) mass is 206 g/mol. The molecule has 0 radical (unpaired) electrons. The van der Waals surface area contributed by atoms with E-state index in [2.05, 4.69) is 5.32 Å². The molecule has 4 heteroatoms. The van der Waals surface area contributed by atoms with Crippen molar-refractivity contribution in [1.82, 2.24) is 5.32 Å². The van der Waals surface area contributed by atoms with E-state index < -0.39 is 5.91 Å². The maximum atomic E-state index is 11.0. The third-order valence-electron chi connectivity index (χ3n) is 2.75. The summed E-state index contributed by atoms with van der Waals surface area (Å²) < 4.78 is 0. The van der Waals surface area contributed by atoms with E-state index in [0.717, 1.165) is 24.9 Å². The predicted molar refractivity (Wildman–Crippen MR) is 56.6 cm³/mol. The summed E-state index contributed by atoms with van der Waals surface area (Å²) in [6, 6.07) is 4.87. The Morgan fingerprint density at radius 3 is 2.93 bits per heavy atom. The highest BCUT2D eigenvalue weighted by atomic mass is 16.3. The van der Waals surface area contributed by atoms with E-state index >= 15 is 0 Å². The quantitative estimate of drug-likeness (QED) is 0.673. The second-order valence-corrected chi connectivity index (χ2v) is 3.79. The Kier molecular flexibility index (Phi) is 2.60. The van der Waals surface area contributed by atoms with Gasteiger partial charge < -0.3 is 16.2 Å². The van der Waals surface area contributed by atoms with Crippen molar-refractivity contribution in [2.75, 3.05) is 6.54 Å². The number of amides is 1. The van der Waals surface area contributed by atoms with Gasteiger partial charge in [-0.2, -0.15) is 0 Å². The zero-order chi connectivity index (χ0) is 10.8. The van der Waals surface area contributed by atoms with Gasteiger partial charge in [0.05, 0.1) is 0 Å². The first kappa shape index (κ1) is 9.98. The van der Waals surface area contributed by atoms with E-state index in [0.29, 0.717) is 5.56 Å². The first-order chi connectivity index (χ1) is 7.18. The van der Waals surface area contributed by atoms with Crippen LogP contribution in [0.3, 0.4) is 0 Å².